The molecule has 0 aliphatic heterocycles. The zero-order chi connectivity index (χ0) is 16.9. The van der Waals surface area contributed by atoms with Crippen LogP contribution in [0.4, 0.5) is 0 Å². The molecule has 0 aliphatic carbocycles. The highest BCUT2D eigenvalue weighted by Crippen LogP contribution is 2.15. The number of imide groups is 1. The molecule has 120 valence electrons. The van der Waals surface area contributed by atoms with Gasteiger partial charge in [-0.25, -0.2) is 0 Å². The van der Waals surface area contributed by atoms with Crippen LogP contribution >= 0.6 is 0 Å². The second-order valence-corrected chi connectivity index (χ2v) is 5.93. The number of amides is 2. The average Bonchev–Trinajstić information content (AvgIpc) is 2.56. The van der Waals surface area contributed by atoms with Crippen LogP contribution in [0, 0.1) is 0 Å². The first-order chi connectivity index (χ1) is 11.0. The first-order valence-corrected chi connectivity index (χ1v) is 8.22. The van der Waals surface area contributed by atoms with E-state index >= 15 is 0 Å². The molecular weight excluding hydrogens is 318 g/mol. The lowest BCUT2D eigenvalue weighted by atomic mass is 10.2. The molecule has 0 heterocycles. The van der Waals surface area contributed by atoms with Gasteiger partial charge in [0.2, 0.25) is 0 Å². The molecule has 0 bridgehead atoms. The second kappa shape index (κ2) is 7.17. The quantitative estimate of drug-likeness (QED) is 0.784. The molecule has 2 amide bonds. The van der Waals surface area contributed by atoms with Gasteiger partial charge in [0.1, 0.15) is 0 Å². The van der Waals surface area contributed by atoms with E-state index in [-0.39, 0.29) is 22.0 Å². The van der Waals surface area contributed by atoms with Crippen LogP contribution in [0.15, 0.2) is 60.7 Å². The molecule has 2 aromatic rings. The maximum absolute atomic E-state index is 12.5. The summed E-state index contributed by atoms with van der Waals surface area (Å²) < 4.78 is 29.2. The van der Waals surface area contributed by atoms with E-state index in [0.29, 0.717) is 0 Å². The molecule has 0 atom stereocenters. The van der Waals surface area contributed by atoms with Gasteiger partial charge < -0.3 is 0 Å². The van der Waals surface area contributed by atoms with Crippen LogP contribution in [0.1, 0.15) is 27.6 Å². The van der Waals surface area contributed by atoms with Crippen molar-refractivity contribution in [2.45, 2.75) is 6.92 Å². The maximum atomic E-state index is 12.5. The van der Waals surface area contributed by atoms with E-state index in [1.54, 1.807) is 36.4 Å². The van der Waals surface area contributed by atoms with E-state index in [0.717, 1.165) is 0 Å². The highest BCUT2D eigenvalue weighted by molar-refractivity contribution is 7.85. The van der Waals surface area contributed by atoms with Crippen molar-refractivity contribution in [3.63, 3.8) is 0 Å². The minimum atomic E-state index is -4.53. The van der Waals surface area contributed by atoms with Gasteiger partial charge in [-0.1, -0.05) is 36.4 Å². The predicted octanol–water partition coefficient (Wildman–Crippen LogP) is 2.25. The Morgan fingerprint density at radius 1 is 0.870 bits per heavy atom. The number of hydrogen-bond donors (Lipinski definition) is 0. The maximum Gasteiger partial charge on any atom is 0.372 e. The fourth-order valence-electron chi connectivity index (χ4n) is 1.89. The van der Waals surface area contributed by atoms with E-state index in [1.807, 2.05) is 0 Å². The van der Waals surface area contributed by atoms with Crippen molar-refractivity contribution in [1.82, 2.24) is 4.31 Å². The Hall–Kier alpha value is -2.51. The third-order valence-electron chi connectivity index (χ3n) is 2.90. The molecule has 0 spiro atoms. The van der Waals surface area contributed by atoms with Crippen LogP contribution in [0.2, 0.25) is 0 Å². The summed E-state index contributed by atoms with van der Waals surface area (Å²) in [7, 11) is -4.53. The Morgan fingerprint density at radius 3 is 1.61 bits per heavy atom. The van der Waals surface area contributed by atoms with Crippen molar-refractivity contribution in [2.24, 2.45) is 0 Å². The smallest absolute Gasteiger partial charge is 0.267 e. The van der Waals surface area contributed by atoms with Gasteiger partial charge in [0.05, 0.1) is 6.61 Å². The van der Waals surface area contributed by atoms with E-state index in [1.165, 1.54) is 31.2 Å². The van der Waals surface area contributed by atoms with Crippen molar-refractivity contribution in [3.8, 4) is 0 Å². The molecule has 7 heteroatoms. The topological polar surface area (TPSA) is 80.8 Å². The van der Waals surface area contributed by atoms with Gasteiger partial charge in [-0.15, -0.1) is 4.31 Å². The number of rotatable bonds is 5. The normalized spacial score (nSPS) is 11.0. The van der Waals surface area contributed by atoms with Crippen molar-refractivity contribution in [3.05, 3.63) is 71.8 Å². The Bertz CT molecular complexity index is 736. The lowest BCUT2D eigenvalue weighted by molar-refractivity contribution is 0.0713. The average molecular weight is 333 g/mol. The molecule has 0 saturated carbocycles. The minimum absolute atomic E-state index is 0.0695. The second-order valence-electron chi connectivity index (χ2n) is 4.47. The largest absolute Gasteiger partial charge is 0.372 e. The Morgan fingerprint density at radius 2 is 1.26 bits per heavy atom. The third-order valence-corrected chi connectivity index (χ3v) is 4.21. The number of benzene rings is 2. The summed E-state index contributed by atoms with van der Waals surface area (Å²) in [4.78, 5) is 25.1. The van der Waals surface area contributed by atoms with Crippen LogP contribution in [0.25, 0.3) is 0 Å². The molecule has 0 aromatic heterocycles. The van der Waals surface area contributed by atoms with Gasteiger partial charge in [-0.2, -0.15) is 8.42 Å². The van der Waals surface area contributed by atoms with Crippen molar-refractivity contribution in [2.75, 3.05) is 6.61 Å². The first-order valence-electron chi connectivity index (χ1n) is 6.86. The first kappa shape index (κ1) is 16.9. The molecule has 2 aromatic carbocycles. The summed E-state index contributed by atoms with van der Waals surface area (Å²) in [5, 5.41) is 0. The van der Waals surface area contributed by atoms with Gasteiger partial charge >= 0.3 is 10.3 Å². The highest BCUT2D eigenvalue weighted by atomic mass is 32.2. The zero-order valence-electron chi connectivity index (χ0n) is 12.4. The number of carbonyl (C=O) groups is 2. The van der Waals surface area contributed by atoms with Gasteiger partial charge in [-0.05, 0) is 31.2 Å². The van der Waals surface area contributed by atoms with E-state index < -0.39 is 22.1 Å². The van der Waals surface area contributed by atoms with E-state index in [9.17, 15) is 18.0 Å². The summed E-state index contributed by atoms with van der Waals surface area (Å²) in [6.07, 6.45) is 0. The van der Waals surface area contributed by atoms with Crippen molar-refractivity contribution in [1.29, 1.82) is 0 Å². The molecule has 0 N–H and O–H groups in total. The van der Waals surface area contributed by atoms with E-state index in [4.69, 9.17) is 0 Å². The van der Waals surface area contributed by atoms with Gasteiger partial charge in [0.15, 0.2) is 0 Å². The van der Waals surface area contributed by atoms with Gasteiger partial charge in [0.25, 0.3) is 11.8 Å². The van der Waals surface area contributed by atoms with Crippen molar-refractivity contribution >= 4 is 22.1 Å². The summed E-state index contributed by atoms with van der Waals surface area (Å²) in [5.74, 6) is -1.93. The molecule has 2 rings (SSSR count). The molecule has 23 heavy (non-hydrogen) atoms. The minimum Gasteiger partial charge on any atom is -0.267 e. The number of nitrogens with zero attached hydrogens (tertiary/aromatic N) is 1. The van der Waals surface area contributed by atoms with Crippen LogP contribution in [-0.2, 0) is 14.5 Å². The number of carbonyl (C=O) groups excluding carboxylic acids is 2. The molecule has 6 nitrogen and oxygen atoms in total. The molecule has 0 fully saturated rings. The number of hydrogen-bond acceptors (Lipinski definition) is 5. The summed E-state index contributed by atoms with van der Waals surface area (Å²) in [6.45, 7) is 1.26. The van der Waals surface area contributed by atoms with Gasteiger partial charge in [-0.3, -0.25) is 13.8 Å². The molecule has 0 unspecified atom stereocenters. The Labute approximate surface area is 134 Å². The summed E-state index contributed by atoms with van der Waals surface area (Å²) in [5.41, 5.74) is 0.139. The van der Waals surface area contributed by atoms with Crippen LogP contribution in [0.3, 0.4) is 0 Å². The van der Waals surface area contributed by atoms with Crippen LogP contribution in [0.5, 0.6) is 0 Å². The molecule has 0 aliphatic rings. The summed E-state index contributed by atoms with van der Waals surface area (Å²) >= 11 is 0. The Kier molecular flexibility index (Phi) is 5.25. The molecular formula is C16H15NO5S. The molecule has 0 radical (unpaired) electrons. The van der Waals surface area contributed by atoms with Crippen molar-refractivity contribution < 1.29 is 22.2 Å². The SMILES string of the molecule is CCOS(=O)(=O)N(C(=O)c1ccccc1)C(=O)c1ccccc1. The van der Waals surface area contributed by atoms with Crippen LogP contribution < -0.4 is 0 Å². The lowest BCUT2D eigenvalue weighted by Crippen LogP contribution is -2.42. The van der Waals surface area contributed by atoms with Crippen LogP contribution in [-0.4, -0.2) is 31.1 Å². The fourth-order valence-corrected chi connectivity index (χ4v) is 2.91. The van der Waals surface area contributed by atoms with E-state index in [2.05, 4.69) is 4.18 Å². The summed E-state index contributed by atoms with van der Waals surface area (Å²) in [6, 6.07) is 15.4. The monoisotopic (exact) mass is 333 g/mol. The van der Waals surface area contributed by atoms with Gasteiger partial charge in [0, 0.05) is 11.1 Å². The highest BCUT2D eigenvalue weighted by Gasteiger charge is 2.36. The predicted molar refractivity (Wildman–Crippen MR) is 83.9 cm³/mol. The Balaban J connectivity index is 2.49. The standard InChI is InChI=1S/C16H15NO5S/c1-2-22-23(20,21)17(15(18)13-9-5-3-6-10-13)16(19)14-11-7-4-8-12-14/h3-12H,2H2,1H3. The molecule has 0 saturated heterocycles. The fraction of sp³-hybridized carbons (Fsp3) is 0.125. The zero-order valence-corrected chi connectivity index (χ0v) is 13.2. The lowest BCUT2D eigenvalue weighted by Gasteiger charge is -2.19. The third kappa shape index (κ3) is 3.82.